The van der Waals surface area contributed by atoms with Crippen LogP contribution in [0.15, 0.2) is 48.5 Å². The summed E-state index contributed by atoms with van der Waals surface area (Å²) in [5.74, 6) is 0.541. The van der Waals surface area contributed by atoms with E-state index in [-0.39, 0.29) is 18.2 Å². The molecule has 0 saturated carbocycles. The first kappa shape index (κ1) is 23.9. The van der Waals surface area contributed by atoms with Crippen LogP contribution >= 0.6 is 23.2 Å². The van der Waals surface area contributed by atoms with Gasteiger partial charge in [0.05, 0.1) is 16.5 Å². The smallest absolute Gasteiger partial charge is 0.274 e. The Morgan fingerprint density at radius 2 is 1.71 bits per heavy atom. The van der Waals surface area contributed by atoms with Crippen LogP contribution < -0.4 is 0 Å². The van der Waals surface area contributed by atoms with Crippen LogP contribution in [0.5, 0.6) is 0 Å². The number of fused-ring (bicyclic) bond motifs is 1. The van der Waals surface area contributed by atoms with Gasteiger partial charge >= 0.3 is 0 Å². The van der Waals surface area contributed by atoms with E-state index in [2.05, 4.69) is 34.5 Å². The van der Waals surface area contributed by atoms with Gasteiger partial charge in [0.1, 0.15) is 0 Å². The minimum Gasteiger partial charge on any atom is -0.338 e. The first-order valence-electron chi connectivity index (χ1n) is 12.1. The molecule has 6 nitrogen and oxygen atoms in total. The average molecular weight is 511 g/mol. The Balaban J connectivity index is 1.21. The minimum absolute atomic E-state index is 0.00429. The van der Waals surface area contributed by atoms with Gasteiger partial charge in [-0.2, -0.15) is 5.10 Å². The van der Waals surface area contributed by atoms with Crippen LogP contribution in [-0.2, 0) is 30.6 Å². The van der Waals surface area contributed by atoms with E-state index >= 15 is 0 Å². The van der Waals surface area contributed by atoms with E-state index in [1.165, 1.54) is 5.56 Å². The number of amides is 2. The second-order valence-corrected chi connectivity index (χ2v) is 10.3. The molecular weight excluding hydrogens is 483 g/mol. The molecule has 0 unspecified atom stereocenters. The van der Waals surface area contributed by atoms with Crippen molar-refractivity contribution in [1.82, 2.24) is 20.0 Å². The Morgan fingerprint density at radius 3 is 2.46 bits per heavy atom. The molecule has 35 heavy (non-hydrogen) atoms. The summed E-state index contributed by atoms with van der Waals surface area (Å²) < 4.78 is 0. The lowest BCUT2D eigenvalue weighted by Gasteiger charge is -2.32. The Kier molecular flexibility index (Phi) is 7.12. The number of rotatable bonds is 5. The Hall–Kier alpha value is -2.83. The number of benzene rings is 2. The van der Waals surface area contributed by atoms with Crippen molar-refractivity contribution in [2.75, 3.05) is 19.6 Å². The number of carbonyl (C=O) groups is 2. The number of likely N-dealkylation sites (tertiary alicyclic amines) is 1. The second-order valence-electron chi connectivity index (χ2n) is 9.45. The molecule has 2 aromatic carbocycles. The van der Waals surface area contributed by atoms with E-state index in [4.69, 9.17) is 23.2 Å². The molecule has 2 aliphatic rings. The molecule has 8 heteroatoms. The Morgan fingerprint density at radius 1 is 0.943 bits per heavy atom. The third-order valence-corrected chi connectivity index (χ3v) is 7.84. The predicted molar refractivity (Wildman–Crippen MR) is 137 cm³/mol. The lowest BCUT2D eigenvalue weighted by Crippen LogP contribution is -2.41. The summed E-state index contributed by atoms with van der Waals surface area (Å²) in [6.07, 6.45) is 3.92. The van der Waals surface area contributed by atoms with Crippen molar-refractivity contribution in [3.05, 3.63) is 86.7 Å². The van der Waals surface area contributed by atoms with Crippen molar-refractivity contribution in [3.8, 4) is 0 Å². The van der Waals surface area contributed by atoms with Crippen molar-refractivity contribution in [3.63, 3.8) is 0 Å². The van der Waals surface area contributed by atoms with Crippen LogP contribution in [0, 0.1) is 5.92 Å². The first-order valence-corrected chi connectivity index (χ1v) is 12.8. The van der Waals surface area contributed by atoms with Gasteiger partial charge in [0.15, 0.2) is 5.69 Å². The van der Waals surface area contributed by atoms with Crippen molar-refractivity contribution in [2.45, 2.75) is 38.6 Å². The molecule has 1 fully saturated rings. The zero-order valence-corrected chi connectivity index (χ0v) is 21.0. The number of hydrogen-bond acceptors (Lipinski definition) is 3. The number of H-pyrrole nitrogens is 1. The van der Waals surface area contributed by atoms with Gasteiger partial charge in [-0.25, -0.2) is 0 Å². The molecule has 0 spiro atoms. The highest BCUT2D eigenvalue weighted by molar-refractivity contribution is 6.42. The van der Waals surface area contributed by atoms with E-state index in [1.54, 1.807) is 17.0 Å². The fourth-order valence-corrected chi connectivity index (χ4v) is 5.38. The Bertz CT molecular complexity index is 1220. The van der Waals surface area contributed by atoms with Crippen LogP contribution in [0.1, 0.15) is 45.7 Å². The van der Waals surface area contributed by atoms with Crippen molar-refractivity contribution in [2.24, 2.45) is 5.92 Å². The number of piperidine rings is 1. The molecular formula is C27H28Cl2N4O2. The third kappa shape index (κ3) is 5.39. The van der Waals surface area contributed by atoms with Crippen molar-refractivity contribution in [1.29, 1.82) is 0 Å². The average Bonchev–Trinajstić information content (AvgIpc) is 3.30. The van der Waals surface area contributed by atoms with Crippen LogP contribution in [0.4, 0.5) is 0 Å². The highest BCUT2D eigenvalue weighted by Gasteiger charge is 2.31. The number of aromatic amines is 1. The fourth-order valence-electron chi connectivity index (χ4n) is 5.06. The molecule has 0 bridgehead atoms. The molecule has 1 saturated heterocycles. The maximum absolute atomic E-state index is 13.3. The van der Waals surface area contributed by atoms with Gasteiger partial charge in [0.2, 0.25) is 5.91 Å². The van der Waals surface area contributed by atoms with Gasteiger partial charge in [-0.1, -0.05) is 59.6 Å². The molecule has 0 aliphatic carbocycles. The van der Waals surface area contributed by atoms with Crippen LogP contribution in [0.2, 0.25) is 10.0 Å². The zero-order valence-electron chi connectivity index (χ0n) is 19.5. The van der Waals surface area contributed by atoms with Gasteiger partial charge < -0.3 is 9.80 Å². The van der Waals surface area contributed by atoms with E-state index < -0.39 is 0 Å². The van der Waals surface area contributed by atoms with Gasteiger partial charge in [0.25, 0.3) is 5.91 Å². The van der Waals surface area contributed by atoms with Crippen molar-refractivity contribution >= 4 is 35.0 Å². The monoisotopic (exact) mass is 510 g/mol. The van der Waals surface area contributed by atoms with E-state index in [0.717, 1.165) is 49.2 Å². The molecule has 182 valence electrons. The summed E-state index contributed by atoms with van der Waals surface area (Å²) in [5.41, 5.74) is 4.41. The largest absolute Gasteiger partial charge is 0.338 e. The van der Waals surface area contributed by atoms with Gasteiger partial charge in [0, 0.05) is 43.9 Å². The van der Waals surface area contributed by atoms with Gasteiger partial charge in [-0.3, -0.25) is 14.7 Å². The number of nitrogens with zero attached hydrogens (tertiary/aromatic N) is 3. The lowest BCUT2D eigenvalue weighted by molar-refractivity contribution is -0.131. The van der Waals surface area contributed by atoms with Crippen LogP contribution in [0.25, 0.3) is 0 Å². The highest BCUT2D eigenvalue weighted by Crippen LogP contribution is 2.27. The van der Waals surface area contributed by atoms with E-state index in [0.29, 0.717) is 41.2 Å². The van der Waals surface area contributed by atoms with E-state index in [1.807, 2.05) is 17.0 Å². The summed E-state index contributed by atoms with van der Waals surface area (Å²) in [6.45, 7) is 2.45. The molecule has 1 N–H and O–H groups in total. The summed E-state index contributed by atoms with van der Waals surface area (Å²) in [4.78, 5) is 30.0. The fraction of sp³-hybridized carbons (Fsp3) is 0.370. The number of aromatic nitrogens is 2. The van der Waals surface area contributed by atoms with Gasteiger partial charge in [-0.05, 0) is 48.4 Å². The summed E-state index contributed by atoms with van der Waals surface area (Å²) in [7, 11) is 0. The molecule has 0 atom stereocenters. The quantitative estimate of drug-likeness (QED) is 0.528. The zero-order chi connectivity index (χ0) is 24.4. The summed E-state index contributed by atoms with van der Waals surface area (Å²) in [5, 5.41) is 8.32. The second kappa shape index (κ2) is 10.4. The van der Waals surface area contributed by atoms with E-state index in [9.17, 15) is 9.59 Å². The lowest BCUT2D eigenvalue weighted by atomic mass is 9.90. The standard InChI is InChI=1S/C27H28Cl2N4O2/c28-22-7-6-20(15-23(22)29)16-25(34)33-13-10-24-21(17-33)26(31-30-24)27(35)32-11-8-19(9-12-32)14-18-4-2-1-3-5-18/h1-7,15,19H,8-14,16-17H2,(H,30,31). The van der Waals surface area contributed by atoms with Crippen molar-refractivity contribution < 1.29 is 9.59 Å². The first-order chi connectivity index (χ1) is 17.0. The molecule has 3 heterocycles. The molecule has 0 radical (unpaired) electrons. The van der Waals surface area contributed by atoms with Crippen LogP contribution in [0.3, 0.4) is 0 Å². The topological polar surface area (TPSA) is 69.3 Å². The molecule has 3 aromatic rings. The maximum atomic E-state index is 13.3. The number of hydrogen-bond donors (Lipinski definition) is 1. The third-order valence-electron chi connectivity index (χ3n) is 7.10. The normalized spacial score (nSPS) is 16.3. The number of carbonyl (C=O) groups excluding carboxylic acids is 2. The summed E-state index contributed by atoms with van der Waals surface area (Å²) >= 11 is 12.1. The summed E-state index contributed by atoms with van der Waals surface area (Å²) in [6, 6.07) is 15.8. The van der Waals surface area contributed by atoms with Crippen LogP contribution in [-0.4, -0.2) is 51.4 Å². The maximum Gasteiger partial charge on any atom is 0.274 e. The molecule has 2 aliphatic heterocycles. The highest BCUT2D eigenvalue weighted by atomic mass is 35.5. The van der Waals surface area contributed by atoms with Gasteiger partial charge in [-0.15, -0.1) is 0 Å². The number of halogens is 2. The molecule has 2 amide bonds. The molecule has 5 rings (SSSR count). The predicted octanol–water partition coefficient (Wildman–Crippen LogP) is 4.94. The Labute approximate surface area is 215 Å². The SMILES string of the molecule is O=C(Cc1ccc(Cl)c(Cl)c1)N1CCc2[nH]nc(C(=O)N3CCC(Cc4ccccc4)CC3)c2C1. The molecule has 1 aromatic heterocycles. The number of nitrogens with one attached hydrogen (secondary N) is 1. The minimum atomic E-state index is -0.0422.